The number of nitrogens with one attached hydrogen (secondary N) is 1. The lowest BCUT2D eigenvalue weighted by Gasteiger charge is -2.14. The third-order valence-corrected chi connectivity index (χ3v) is 2.37. The fourth-order valence-corrected chi connectivity index (χ4v) is 1.75. The lowest BCUT2D eigenvalue weighted by atomic mass is 10.2. The molecule has 0 heterocycles. The van der Waals surface area contributed by atoms with Gasteiger partial charge in [0.15, 0.2) is 0 Å². The minimum atomic E-state index is 0.199. The largest absolute Gasteiger partial charge is 0.490 e. The second-order valence-electron chi connectivity index (χ2n) is 4.11. The Morgan fingerprint density at radius 2 is 1.87 bits per heavy atom. The van der Waals surface area contributed by atoms with Crippen LogP contribution in [-0.2, 0) is 0 Å². The van der Waals surface area contributed by atoms with E-state index in [1.807, 2.05) is 32.0 Å². The topological polar surface area (TPSA) is 21.3 Å². The van der Waals surface area contributed by atoms with Gasteiger partial charge in [-0.3, -0.25) is 0 Å². The summed E-state index contributed by atoms with van der Waals surface area (Å²) in [6.07, 6.45) is 0.199. The Hall–Kier alpha value is -0.700. The van der Waals surface area contributed by atoms with Crippen molar-refractivity contribution in [3.63, 3.8) is 0 Å². The Morgan fingerprint density at radius 1 is 1.20 bits per heavy atom. The summed E-state index contributed by atoms with van der Waals surface area (Å²) in [5, 5.41) is 3.34. The molecule has 1 aromatic carbocycles. The summed E-state index contributed by atoms with van der Waals surface area (Å²) >= 11 is 3.50. The first-order chi connectivity index (χ1) is 6.99. The van der Waals surface area contributed by atoms with Crippen molar-refractivity contribution in [2.75, 3.05) is 5.32 Å². The maximum Gasteiger partial charge on any atom is 0.134 e. The van der Waals surface area contributed by atoms with E-state index < -0.39 is 0 Å². The average molecular weight is 272 g/mol. The predicted octanol–water partition coefficient (Wildman–Crippen LogP) is 4.06. The van der Waals surface area contributed by atoms with E-state index in [-0.39, 0.29) is 6.10 Å². The monoisotopic (exact) mass is 271 g/mol. The molecule has 0 amide bonds. The fourth-order valence-electron chi connectivity index (χ4n) is 1.27. The van der Waals surface area contributed by atoms with Gasteiger partial charge in [-0.15, -0.1) is 0 Å². The van der Waals surface area contributed by atoms with E-state index in [9.17, 15) is 0 Å². The average Bonchev–Trinajstić information content (AvgIpc) is 2.08. The van der Waals surface area contributed by atoms with Crippen molar-refractivity contribution >= 4 is 21.6 Å². The van der Waals surface area contributed by atoms with Crippen molar-refractivity contribution in [1.82, 2.24) is 0 Å². The molecular formula is C12H18BrNO. The van der Waals surface area contributed by atoms with Crippen LogP contribution in [0.25, 0.3) is 0 Å². The molecule has 1 rings (SSSR count). The van der Waals surface area contributed by atoms with Crippen molar-refractivity contribution in [3.05, 3.63) is 22.7 Å². The standard InChI is InChI=1S/C12H18BrNO/c1-8(2)14-10-5-6-12(11(13)7-10)15-9(3)4/h5-9,14H,1-4H3. The summed E-state index contributed by atoms with van der Waals surface area (Å²) in [5.41, 5.74) is 1.10. The van der Waals surface area contributed by atoms with Gasteiger partial charge in [-0.1, -0.05) is 0 Å². The number of rotatable bonds is 4. The molecule has 1 N–H and O–H groups in total. The maximum absolute atomic E-state index is 5.63. The lowest BCUT2D eigenvalue weighted by Crippen LogP contribution is -2.10. The van der Waals surface area contributed by atoms with E-state index in [0.29, 0.717) is 6.04 Å². The van der Waals surface area contributed by atoms with Gasteiger partial charge < -0.3 is 10.1 Å². The van der Waals surface area contributed by atoms with Crippen LogP contribution < -0.4 is 10.1 Å². The quantitative estimate of drug-likeness (QED) is 0.892. The zero-order valence-corrected chi connectivity index (χ0v) is 11.3. The Bertz CT molecular complexity index is 323. The van der Waals surface area contributed by atoms with Crippen LogP contribution in [0.3, 0.4) is 0 Å². The number of halogens is 1. The minimum absolute atomic E-state index is 0.199. The Labute approximate surface area is 100 Å². The summed E-state index contributed by atoms with van der Waals surface area (Å²) in [5.74, 6) is 0.888. The summed E-state index contributed by atoms with van der Waals surface area (Å²) in [7, 11) is 0. The molecule has 15 heavy (non-hydrogen) atoms. The predicted molar refractivity (Wildman–Crippen MR) is 68.7 cm³/mol. The van der Waals surface area contributed by atoms with E-state index in [0.717, 1.165) is 15.9 Å². The number of anilines is 1. The first-order valence-corrected chi connectivity index (χ1v) is 6.01. The van der Waals surface area contributed by atoms with Crippen LogP contribution in [-0.4, -0.2) is 12.1 Å². The third kappa shape index (κ3) is 4.12. The zero-order valence-electron chi connectivity index (χ0n) is 9.67. The van der Waals surface area contributed by atoms with E-state index in [1.54, 1.807) is 0 Å². The molecule has 0 saturated carbocycles. The first-order valence-electron chi connectivity index (χ1n) is 5.21. The van der Waals surface area contributed by atoms with Gasteiger partial charge in [-0.05, 0) is 61.8 Å². The van der Waals surface area contributed by atoms with E-state index >= 15 is 0 Å². The van der Waals surface area contributed by atoms with Crippen molar-refractivity contribution < 1.29 is 4.74 Å². The van der Waals surface area contributed by atoms with Gasteiger partial charge in [-0.2, -0.15) is 0 Å². The van der Waals surface area contributed by atoms with Crippen LogP contribution in [0.1, 0.15) is 27.7 Å². The summed E-state index contributed by atoms with van der Waals surface area (Å²) in [6.45, 7) is 8.28. The molecule has 0 spiro atoms. The number of hydrogen-bond donors (Lipinski definition) is 1. The second kappa shape index (κ2) is 5.40. The highest BCUT2D eigenvalue weighted by Crippen LogP contribution is 2.29. The minimum Gasteiger partial charge on any atom is -0.490 e. The number of benzene rings is 1. The SMILES string of the molecule is CC(C)Nc1ccc(OC(C)C)c(Br)c1. The summed E-state index contributed by atoms with van der Waals surface area (Å²) in [4.78, 5) is 0. The Kier molecular flexibility index (Phi) is 4.45. The van der Waals surface area contributed by atoms with E-state index in [2.05, 4.69) is 35.1 Å². The number of hydrogen-bond acceptors (Lipinski definition) is 2. The van der Waals surface area contributed by atoms with Gasteiger partial charge in [-0.25, -0.2) is 0 Å². The van der Waals surface area contributed by atoms with Crippen molar-refractivity contribution in [2.24, 2.45) is 0 Å². The highest BCUT2D eigenvalue weighted by Gasteiger charge is 2.04. The highest BCUT2D eigenvalue weighted by molar-refractivity contribution is 9.10. The van der Waals surface area contributed by atoms with Crippen LogP contribution >= 0.6 is 15.9 Å². The van der Waals surface area contributed by atoms with Crippen molar-refractivity contribution in [2.45, 2.75) is 39.8 Å². The number of ether oxygens (including phenoxy) is 1. The summed E-state index contributed by atoms with van der Waals surface area (Å²) < 4.78 is 6.62. The molecule has 0 aliphatic rings. The van der Waals surface area contributed by atoms with E-state index in [4.69, 9.17) is 4.74 Å². The molecule has 0 aliphatic carbocycles. The van der Waals surface area contributed by atoms with Crippen LogP contribution in [0.15, 0.2) is 22.7 Å². The normalized spacial score (nSPS) is 10.9. The van der Waals surface area contributed by atoms with Gasteiger partial charge >= 0.3 is 0 Å². The molecule has 3 heteroatoms. The van der Waals surface area contributed by atoms with Crippen LogP contribution in [0, 0.1) is 0 Å². The molecule has 0 fully saturated rings. The summed E-state index contributed by atoms with van der Waals surface area (Å²) in [6, 6.07) is 6.49. The lowest BCUT2D eigenvalue weighted by molar-refractivity contribution is 0.241. The molecule has 0 aromatic heterocycles. The van der Waals surface area contributed by atoms with Crippen molar-refractivity contribution in [3.8, 4) is 5.75 Å². The molecular weight excluding hydrogens is 254 g/mol. The van der Waals surface area contributed by atoms with Crippen LogP contribution in [0.4, 0.5) is 5.69 Å². The molecule has 84 valence electrons. The molecule has 2 nitrogen and oxygen atoms in total. The van der Waals surface area contributed by atoms with Crippen LogP contribution in [0.2, 0.25) is 0 Å². The van der Waals surface area contributed by atoms with Gasteiger partial charge in [0.1, 0.15) is 5.75 Å². The second-order valence-corrected chi connectivity index (χ2v) is 4.97. The smallest absolute Gasteiger partial charge is 0.134 e. The molecule has 0 unspecified atom stereocenters. The maximum atomic E-state index is 5.63. The highest BCUT2D eigenvalue weighted by atomic mass is 79.9. The fraction of sp³-hybridized carbons (Fsp3) is 0.500. The molecule has 0 radical (unpaired) electrons. The van der Waals surface area contributed by atoms with Gasteiger partial charge in [0, 0.05) is 11.7 Å². The van der Waals surface area contributed by atoms with Crippen molar-refractivity contribution in [1.29, 1.82) is 0 Å². The molecule has 0 bridgehead atoms. The molecule has 0 aliphatic heterocycles. The molecule has 1 aromatic rings. The van der Waals surface area contributed by atoms with Gasteiger partial charge in [0.25, 0.3) is 0 Å². The Morgan fingerprint density at radius 3 is 2.33 bits per heavy atom. The first kappa shape index (κ1) is 12.4. The molecule has 0 atom stereocenters. The van der Waals surface area contributed by atoms with Crippen LogP contribution in [0.5, 0.6) is 5.75 Å². The molecule has 0 saturated heterocycles. The Balaban J connectivity index is 2.78. The van der Waals surface area contributed by atoms with E-state index in [1.165, 1.54) is 0 Å². The van der Waals surface area contributed by atoms with Gasteiger partial charge in [0.2, 0.25) is 0 Å². The zero-order chi connectivity index (χ0) is 11.4. The van der Waals surface area contributed by atoms with Gasteiger partial charge in [0.05, 0.1) is 10.6 Å². The third-order valence-electron chi connectivity index (χ3n) is 1.75.